The van der Waals surface area contributed by atoms with Gasteiger partial charge in [0.15, 0.2) is 0 Å². The van der Waals surface area contributed by atoms with Crippen LogP contribution in [0.5, 0.6) is 0 Å². The molecule has 0 aromatic carbocycles. The third kappa shape index (κ3) is 2.56. The molecule has 0 unspecified atom stereocenters. The summed E-state index contributed by atoms with van der Waals surface area (Å²) in [6, 6.07) is 0. The Bertz CT molecular complexity index is 337. The molecule has 16 heavy (non-hydrogen) atoms. The second kappa shape index (κ2) is 4.88. The molecular formula is C10H15F2N3O. The maximum absolute atomic E-state index is 12.4. The Morgan fingerprint density at radius 2 is 2.31 bits per heavy atom. The summed E-state index contributed by atoms with van der Waals surface area (Å²) in [6.07, 6.45) is 4.08. The fourth-order valence-electron chi connectivity index (χ4n) is 1.91. The van der Waals surface area contributed by atoms with Gasteiger partial charge in [0.25, 0.3) is 0 Å². The van der Waals surface area contributed by atoms with Gasteiger partial charge in [-0.05, 0) is 25.3 Å². The van der Waals surface area contributed by atoms with Crippen LogP contribution in [0.4, 0.5) is 8.78 Å². The van der Waals surface area contributed by atoms with Crippen molar-refractivity contribution in [2.24, 2.45) is 5.92 Å². The Hall–Kier alpha value is -1.01. The van der Waals surface area contributed by atoms with E-state index in [1.165, 1.54) is 12.4 Å². The Balaban J connectivity index is 1.74. The number of aromatic nitrogens is 2. The molecule has 0 amide bonds. The monoisotopic (exact) mass is 231 g/mol. The van der Waals surface area contributed by atoms with Crippen LogP contribution in [0.1, 0.15) is 25.2 Å². The largest absolute Gasteiger partial charge is 0.393 e. The van der Waals surface area contributed by atoms with Gasteiger partial charge in [-0.1, -0.05) is 0 Å². The van der Waals surface area contributed by atoms with Crippen LogP contribution >= 0.6 is 0 Å². The maximum Gasteiger partial charge on any atom is 0.319 e. The van der Waals surface area contributed by atoms with Crippen molar-refractivity contribution in [2.75, 3.05) is 6.54 Å². The Labute approximate surface area is 92.3 Å². The number of hydrogen-bond acceptors (Lipinski definition) is 3. The molecule has 0 bridgehead atoms. The number of aliphatic hydroxyl groups excluding tert-OH is 1. The van der Waals surface area contributed by atoms with E-state index in [0.29, 0.717) is 18.3 Å². The first-order chi connectivity index (χ1) is 7.66. The quantitative estimate of drug-likeness (QED) is 0.799. The zero-order valence-electron chi connectivity index (χ0n) is 8.81. The topological polar surface area (TPSA) is 50.1 Å². The average Bonchev–Trinajstić information content (AvgIpc) is 2.63. The van der Waals surface area contributed by atoms with E-state index in [4.69, 9.17) is 5.11 Å². The maximum atomic E-state index is 12.4. The molecule has 1 heterocycles. The second-order valence-electron chi connectivity index (χ2n) is 4.15. The molecule has 2 N–H and O–H groups in total. The summed E-state index contributed by atoms with van der Waals surface area (Å²) in [5, 5.41) is 12.2. The van der Waals surface area contributed by atoms with Crippen LogP contribution in [-0.2, 0) is 6.54 Å². The van der Waals surface area contributed by atoms with E-state index < -0.39 is 6.55 Å². The van der Waals surface area contributed by atoms with Crippen LogP contribution in [0, 0.1) is 5.92 Å². The van der Waals surface area contributed by atoms with Gasteiger partial charge in [0.05, 0.1) is 12.6 Å². The minimum absolute atomic E-state index is 0.171. The lowest BCUT2D eigenvalue weighted by atomic mass is 9.82. The molecule has 2 rings (SSSR count). The fraction of sp³-hybridized carbons (Fsp3) is 0.700. The van der Waals surface area contributed by atoms with Gasteiger partial charge in [0.1, 0.15) is 5.82 Å². The van der Waals surface area contributed by atoms with E-state index >= 15 is 0 Å². The first kappa shape index (κ1) is 11.5. The van der Waals surface area contributed by atoms with Gasteiger partial charge in [-0.3, -0.25) is 4.57 Å². The van der Waals surface area contributed by atoms with Gasteiger partial charge in [-0.25, -0.2) is 4.98 Å². The molecule has 1 aromatic heterocycles. The van der Waals surface area contributed by atoms with Gasteiger partial charge < -0.3 is 10.4 Å². The number of alkyl halides is 2. The molecule has 6 heteroatoms. The minimum Gasteiger partial charge on any atom is -0.393 e. The lowest BCUT2D eigenvalue weighted by Crippen LogP contribution is -2.36. The molecule has 1 aliphatic carbocycles. The van der Waals surface area contributed by atoms with Crippen LogP contribution in [0.2, 0.25) is 0 Å². The Morgan fingerprint density at radius 3 is 2.94 bits per heavy atom. The van der Waals surface area contributed by atoms with E-state index in [1.807, 2.05) is 0 Å². The highest BCUT2D eigenvalue weighted by molar-refractivity contribution is 4.92. The first-order valence-electron chi connectivity index (χ1n) is 5.35. The summed E-state index contributed by atoms with van der Waals surface area (Å²) in [5.74, 6) is 0.805. The van der Waals surface area contributed by atoms with Crippen molar-refractivity contribution < 1.29 is 13.9 Å². The van der Waals surface area contributed by atoms with Gasteiger partial charge in [-0.2, -0.15) is 8.78 Å². The molecule has 0 aliphatic heterocycles. The van der Waals surface area contributed by atoms with Gasteiger partial charge in [-0.15, -0.1) is 0 Å². The van der Waals surface area contributed by atoms with Gasteiger partial charge >= 0.3 is 6.55 Å². The standard InChI is InChI=1S/C10H15F2N3O/c11-10(12)15-2-1-14-9(15)6-13-5-7-3-8(16)4-7/h1-2,7-8,10,13,16H,3-6H2. The number of rotatable bonds is 5. The van der Waals surface area contributed by atoms with Gasteiger partial charge in [0.2, 0.25) is 0 Å². The third-order valence-electron chi connectivity index (χ3n) is 2.89. The number of nitrogens with one attached hydrogen (secondary N) is 1. The van der Waals surface area contributed by atoms with Crippen molar-refractivity contribution in [3.05, 3.63) is 18.2 Å². The van der Waals surface area contributed by atoms with Crippen LogP contribution in [0.25, 0.3) is 0 Å². The number of imidazole rings is 1. The van der Waals surface area contributed by atoms with Crippen LogP contribution < -0.4 is 5.32 Å². The summed E-state index contributed by atoms with van der Waals surface area (Å²) in [4.78, 5) is 3.86. The van der Waals surface area contributed by atoms with Crippen LogP contribution in [-0.4, -0.2) is 27.3 Å². The van der Waals surface area contributed by atoms with E-state index in [-0.39, 0.29) is 6.10 Å². The predicted octanol–water partition coefficient (Wildman–Crippen LogP) is 1.14. The van der Waals surface area contributed by atoms with E-state index in [1.54, 1.807) is 0 Å². The highest BCUT2D eigenvalue weighted by Gasteiger charge is 2.26. The van der Waals surface area contributed by atoms with Crippen molar-refractivity contribution in [3.63, 3.8) is 0 Å². The smallest absolute Gasteiger partial charge is 0.319 e. The predicted molar refractivity (Wildman–Crippen MR) is 53.9 cm³/mol. The number of hydrogen-bond donors (Lipinski definition) is 2. The highest BCUT2D eigenvalue weighted by atomic mass is 19.3. The summed E-state index contributed by atoms with van der Waals surface area (Å²) in [7, 11) is 0. The van der Waals surface area contributed by atoms with E-state index in [0.717, 1.165) is 24.0 Å². The number of aliphatic hydroxyl groups is 1. The molecule has 1 fully saturated rings. The molecule has 4 nitrogen and oxygen atoms in total. The first-order valence-corrected chi connectivity index (χ1v) is 5.35. The van der Waals surface area contributed by atoms with Crippen LogP contribution in [0.3, 0.4) is 0 Å². The van der Waals surface area contributed by atoms with Crippen LogP contribution in [0.15, 0.2) is 12.4 Å². The fourth-order valence-corrected chi connectivity index (χ4v) is 1.91. The van der Waals surface area contributed by atoms with Crippen molar-refractivity contribution >= 4 is 0 Å². The number of halogens is 2. The second-order valence-corrected chi connectivity index (χ2v) is 4.15. The van der Waals surface area contributed by atoms with Crippen molar-refractivity contribution in [1.29, 1.82) is 0 Å². The summed E-state index contributed by atoms with van der Waals surface area (Å²) < 4.78 is 25.7. The summed E-state index contributed by atoms with van der Waals surface area (Å²) >= 11 is 0. The molecule has 1 aliphatic rings. The normalized spacial score (nSPS) is 24.8. The summed E-state index contributed by atoms with van der Waals surface area (Å²) in [6.45, 7) is -1.46. The Kier molecular flexibility index (Phi) is 3.50. The number of nitrogens with zero attached hydrogens (tertiary/aromatic N) is 2. The molecule has 0 radical (unpaired) electrons. The highest BCUT2D eigenvalue weighted by Crippen LogP contribution is 2.26. The van der Waals surface area contributed by atoms with Crippen molar-refractivity contribution in [1.82, 2.24) is 14.9 Å². The molecule has 0 saturated heterocycles. The Morgan fingerprint density at radius 1 is 1.56 bits per heavy atom. The lowest BCUT2D eigenvalue weighted by molar-refractivity contribution is 0.0424. The average molecular weight is 231 g/mol. The third-order valence-corrected chi connectivity index (χ3v) is 2.89. The van der Waals surface area contributed by atoms with Crippen molar-refractivity contribution in [3.8, 4) is 0 Å². The molecule has 90 valence electrons. The molecular weight excluding hydrogens is 216 g/mol. The van der Waals surface area contributed by atoms with E-state index in [2.05, 4.69) is 10.3 Å². The molecule has 0 spiro atoms. The van der Waals surface area contributed by atoms with Gasteiger partial charge in [0, 0.05) is 12.4 Å². The summed E-state index contributed by atoms with van der Waals surface area (Å²) in [5.41, 5.74) is 0. The molecule has 1 saturated carbocycles. The van der Waals surface area contributed by atoms with Crippen molar-refractivity contribution in [2.45, 2.75) is 32.0 Å². The van der Waals surface area contributed by atoms with E-state index in [9.17, 15) is 8.78 Å². The zero-order chi connectivity index (χ0) is 11.5. The zero-order valence-corrected chi connectivity index (χ0v) is 8.81. The molecule has 1 aromatic rings. The minimum atomic E-state index is -2.54. The SMILES string of the molecule is OC1CC(CNCc2nccn2C(F)F)C1. The lowest BCUT2D eigenvalue weighted by Gasteiger charge is -2.31. The molecule has 0 atom stereocenters.